The van der Waals surface area contributed by atoms with Crippen LogP contribution < -0.4 is 10.9 Å². The van der Waals surface area contributed by atoms with Crippen molar-refractivity contribution >= 4 is 55.7 Å². The summed E-state index contributed by atoms with van der Waals surface area (Å²) in [4.78, 5) is 33.8. The Labute approximate surface area is 168 Å². The van der Waals surface area contributed by atoms with Crippen molar-refractivity contribution in [1.29, 1.82) is 0 Å². The Hall–Kier alpha value is -1.78. The zero-order valence-corrected chi connectivity index (χ0v) is 17.3. The first-order chi connectivity index (χ1) is 12.5. The fraction of sp³-hybridized carbons (Fsp3) is 0.278. The van der Waals surface area contributed by atoms with Crippen LogP contribution in [0.15, 0.2) is 40.5 Å². The topological polar surface area (TPSA) is 78.1 Å². The highest BCUT2D eigenvalue weighted by Crippen LogP contribution is 2.15. The molecule has 0 aliphatic heterocycles. The van der Waals surface area contributed by atoms with Crippen LogP contribution in [-0.2, 0) is 11.3 Å². The molecule has 0 spiro atoms. The van der Waals surface area contributed by atoms with Crippen molar-refractivity contribution in [2.24, 2.45) is 0 Å². The van der Waals surface area contributed by atoms with Gasteiger partial charge in [0.05, 0.1) is 18.6 Å². The van der Waals surface area contributed by atoms with E-state index in [0.717, 1.165) is 22.2 Å². The Morgan fingerprint density at radius 3 is 3.00 bits per heavy atom. The summed E-state index contributed by atoms with van der Waals surface area (Å²) in [6.07, 6.45) is 0.904. The number of anilines is 1. The van der Waals surface area contributed by atoms with Gasteiger partial charge in [-0.05, 0) is 65.2 Å². The molecule has 0 saturated heterocycles. The van der Waals surface area contributed by atoms with Gasteiger partial charge in [-0.2, -0.15) is 0 Å². The largest absolute Gasteiger partial charge is 0.325 e. The molecule has 3 aromatic rings. The predicted octanol–water partition coefficient (Wildman–Crippen LogP) is 3.44. The van der Waals surface area contributed by atoms with Crippen LogP contribution >= 0.6 is 33.9 Å². The number of aromatic nitrogens is 2. The quantitative estimate of drug-likeness (QED) is 0.506. The van der Waals surface area contributed by atoms with Gasteiger partial charge in [-0.3, -0.25) is 14.5 Å². The van der Waals surface area contributed by atoms with Gasteiger partial charge in [0, 0.05) is 9.26 Å². The van der Waals surface area contributed by atoms with Crippen molar-refractivity contribution < 1.29 is 4.79 Å². The Morgan fingerprint density at radius 1 is 1.38 bits per heavy atom. The van der Waals surface area contributed by atoms with Crippen LogP contribution in [0.25, 0.3) is 10.2 Å². The minimum Gasteiger partial charge on any atom is -0.325 e. The Balaban J connectivity index is 1.69. The number of aromatic amines is 1. The highest BCUT2D eigenvalue weighted by Gasteiger charge is 2.14. The van der Waals surface area contributed by atoms with E-state index in [2.05, 4.69) is 44.8 Å². The molecule has 0 unspecified atom stereocenters. The second-order valence-corrected chi connectivity index (χ2v) is 8.08. The van der Waals surface area contributed by atoms with Crippen LogP contribution in [0.1, 0.15) is 19.2 Å². The third kappa shape index (κ3) is 4.89. The minimum atomic E-state index is -0.125. The molecule has 2 N–H and O–H groups in total. The average Bonchev–Trinajstić information content (AvgIpc) is 3.04. The Bertz CT molecular complexity index is 969. The maximum Gasteiger partial charge on any atom is 0.268 e. The lowest BCUT2D eigenvalue weighted by Gasteiger charge is -2.20. The summed E-state index contributed by atoms with van der Waals surface area (Å²) in [5.74, 6) is 0.496. The highest BCUT2D eigenvalue weighted by molar-refractivity contribution is 14.1. The van der Waals surface area contributed by atoms with Crippen molar-refractivity contribution in [3.8, 4) is 0 Å². The molecule has 1 aromatic carbocycles. The molecule has 6 nitrogen and oxygen atoms in total. The van der Waals surface area contributed by atoms with Crippen molar-refractivity contribution in [3.05, 3.63) is 55.5 Å². The molecule has 2 heterocycles. The van der Waals surface area contributed by atoms with Crippen LogP contribution in [0.4, 0.5) is 5.69 Å². The first-order valence-corrected chi connectivity index (χ1v) is 10.2. The number of amides is 1. The van der Waals surface area contributed by atoms with Crippen LogP contribution in [0.3, 0.4) is 0 Å². The summed E-state index contributed by atoms with van der Waals surface area (Å²) in [6.45, 7) is 3.47. The molecule has 1 amide bonds. The summed E-state index contributed by atoms with van der Waals surface area (Å²) in [6, 6.07) is 9.51. The number of benzene rings is 1. The van der Waals surface area contributed by atoms with Gasteiger partial charge in [0.15, 0.2) is 0 Å². The zero-order valence-electron chi connectivity index (χ0n) is 14.3. The molecule has 26 heavy (non-hydrogen) atoms. The average molecular weight is 482 g/mol. The molecular weight excluding hydrogens is 463 g/mol. The fourth-order valence-electron chi connectivity index (χ4n) is 2.71. The molecule has 0 bridgehead atoms. The number of carbonyl (C=O) groups is 1. The number of thiophene rings is 1. The lowest BCUT2D eigenvalue weighted by atomic mass is 10.3. The number of halogens is 1. The number of fused-ring (bicyclic) bond motifs is 1. The van der Waals surface area contributed by atoms with Crippen LogP contribution in [0.2, 0.25) is 0 Å². The van der Waals surface area contributed by atoms with E-state index < -0.39 is 0 Å². The van der Waals surface area contributed by atoms with Gasteiger partial charge in [-0.1, -0.05) is 13.0 Å². The van der Waals surface area contributed by atoms with E-state index in [1.807, 2.05) is 40.6 Å². The number of nitrogens with one attached hydrogen (secondary N) is 2. The van der Waals surface area contributed by atoms with E-state index >= 15 is 0 Å². The van der Waals surface area contributed by atoms with Crippen molar-refractivity contribution in [1.82, 2.24) is 14.9 Å². The standard InChI is InChI=1S/C18H19IN4O2S/c1-2-7-23(11-16(24)20-13-5-3-4-12(19)9-13)10-15-21-14-6-8-26-17(14)18(25)22-15/h3-6,8-9H,2,7,10-11H2,1H3,(H,20,24)(H,21,22,25). The lowest BCUT2D eigenvalue weighted by molar-refractivity contribution is -0.117. The van der Waals surface area contributed by atoms with Gasteiger partial charge in [-0.15, -0.1) is 11.3 Å². The molecule has 0 aliphatic carbocycles. The summed E-state index contributed by atoms with van der Waals surface area (Å²) >= 11 is 3.59. The van der Waals surface area contributed by atoms with E-state index in [9.17, 15) is 9.59 Å². The van der Waals surface area contributed by atoms with Crippen molar-refractivity contribution in [3.63, 3.8) is 0 Å². The minimum absolute atomic E-state index is 0.0839. The SMILES string of the molecule is CCCN(CC(=O)Nc1cccc(I)c1)Cc1nc2ccsc2c(=O)[nH]1. The maximum absolute atomic E-state index is 12.4. The molecule has 0 atom stereocenters. The molecule has 2 aromatic heterocycles. The highest BCUT2D eigenvalue weighted by atomic mass is 127. The van der Waals surface area contributed by atoms with Gasteiger partial charge in [0.25, 0.3) is 5.56 Å². The van der Waals surface area contributed by atoms with Gasteiger partial charge in [0.2, 0.25) is 5.91 Å². The molecule has 8 heteroatoms. The van der Waals surface area contributed by atoms with E-state index in [4.69, 9.17) is 0 Å². The van der Waals surface area contributed by atoms with Gasteiger partial charge in [-0.25, -0.2) is 4.98 Å². The molecular formula is C18H19IN4O2S. The monoisotopic (exact) mass is 482 g/mol. The second-order valence-electron chi connectivity index (χ2n) is 5.92. The molecule has 0 saturated carbocycles. The zero-order chi connectivity index (χ0) is 18.5. The summed E-state index contributed by atoms with van der Waals surface area (Å²) in [5.41, 5.74) is 1.36. The molecule has 0 radical (unpaired) electrons. The van der Waals surface area contributed by atoms with Gasteiger partial charge in [0.1, 0.15) is 10.5 Å². The number of carbonyl (C=O) groups excluding carboxylic acids is 1. The summed E-state index contributed by atoms with van der Waals surface area (Å²) in [7, 11) is 0. The molecule has 3 rings (SSSR count). The number of H-pyrrole nitrogens is 1. The summed E-state index contributed by atoms with van der Waals surface area (Å²) in [5, 5.41) is 4.77. The number of rotatable bonds is 7. The third-order valence-corrected chi connectivity index (χ3v) is 5.33. The van der Waals surface area contributed by atoms with Gasteiger partial charge < -0.3 is 10.3 Å². The van der Waals surface area contributed by atoms with Crippen molar-refractivity contribution in [2.75, 3.05) is 18.4 Å². The van der Waals surface area contributed by atoms with Crippen LogP contribution in [-0.4, -0.2) is 33.9 Å². The molecule has 136 valence electrons. The Kier molecular flexibility index (Phi) is 6.38. The number of hydrogen-bond donors (Lipinski definition) is 2. The smallest absolute Gasteiger partial charge is 0.268 e. The van der Waals surface area contributed by atoms with E-state index in [1.165, 1.54) is 11.3 Å². The Morgan fingerprint density at radius 2 is 2.23 bits per heavy atom. The second kappa shape index (κ2) is 8.74. The molecule has 0 aliphatic rings. The normalized spacial score (nSPS) is 11.2. The van der Waals surface area contributed by atoms with Crippen LogP contribution in [0, 0.1) is 3.57 Å². The predicted molar refractivity (Wildman–Crippen MR) is 114 cm³/mol. The van der Waals surface area contributed by atoms with Gasteiger partial charge >= 0.3 is 0 Å². The van der Waals surface area contributed by atoms with Crippen LogP contribution in [0.5, 0.6) is 0 Å². The van der Waals surface area contributed by atoms with E-state index in [-0.39, 0.29) is 18.0 Å². The number of hydrogen-bond acceptors (Lipinski definition) is 5. The van der Waals surface area contributed by atoms with E-state index in [1.54, 1.807) is 0 Å². The maximum atomic E-state index is 12.4. The first-order valence-electron chi connectivity index (χ1n) is 8.29. The van der Waals surface area contributed by atoms with E-state index in [0.29, 0.717) is 22.6 Å². The first kappa shape index (κ1) is 19.0. The molecule has 0 fully saturated rings. The third-order valence-electron chi connectivity index (χ3n) is 3.75. The lowest BCUT2D eigenvalue weighted by Crippen LogP contribution is -2.34. The number of nitrogens with zero attached hydrogens (tertiary/aromatic N) is 2. The summed E-state index contributed by atoms with van der Waals surface area (Å²) < 4.78 is 1.70. The fourth-order valence-corrected chi connectivity index (χ4v) is 3.98. The van der Waals surface area contributed by atoms with Crippen molar-refractivity contribution in [2.45, 2.75) is 19.9 Å².